The first-order valence-corrected chi connectivity index (χ1v) is 12.0. The van der Waals surface area contributed by atoms with Gasteiger partial charge in [-0.1, -0.05) is 50.2 Å². The van der Waals surface area contributed by atoms with Crippen LogP contribution in [0.4, 0.5) is 0 Å². The van der Waals surface area contributed by atoms with Gasteiger partial charge in [-0.15, -0.1) is 0 Å². The lowest BCUT2D eigenvalue weighted by atomic mass is 9.57. The Balaban J connectivity index is 1.51. The van der Waals surface area contributed by atoms with Crippen molar-refractivity contribution in [2.75, 3.05) is 0 Å². The predicted octanol–water partition coefficient (Wildman–Crippen LogP) is 3.66. The molecule has 2 fully saturated rings. The average Bonchev–Trinajstić information content (AvgIpc) is 3.14. The summed E-state index contributed by atoms with van der Waals surface area (Å²) >= 11 is 0. The number of benzene rings is 2. The molecule has 1 saturated carbocycles. The lowest BCUT2D eigenvalue weighted by molar-refractivity contribution is -0.156. The van der Waals surface area contributed by atoms with Crippen LogP contribution in [0.1, 0.15) is 80.7 Å². The molecule has 5 rings (SSSR count). The Labute approximate surface area is 201 Å². The molecule has 7 heteroatoms. The van der Waals surface area contributed by atoms with Crippen molar-refractivity contribution in [2.24, 2.45) is 5.92 Å². The molecule has 6 nitrogen and oxygen atoms in total. The van der Waals surface area contributed by atoms with Gasteiger partial charge in [0.2, 0.25) is 0 Å². The molecule has 34 heavy (non-hydrogen) atoms. The fraction of sp³-hybridized carbons (Fsp3) is 0.481. The highest BCUT2D eigenvalue weighted by molar-refractivity contribution is 6.62. The molecule has 178 valence electrons. The number of hydrogen-bond donors (Lipinski definition) is 1. The third-order valence-electron chi connectivity index (χ3n) is 8.47. The number of nitrogens with zero attached hydrogens (tertiary/aromatic N) is 1. The maximum atomic E-state index is 13.4. The molecule has 2 aliphatic heterocycles. The standard InChI is InChI=1S/C27H32BNO5/c1-17(2)27(32)15-26(16-27,29-22(30)20-9-7-8-10-21(20)23(29)31)18-11-13-19(14-12-18)28-33-24(3,4)25(5,6)34-28/h7-14,17,32H,15-16H2,1-6H3/t26-,27+. The van der Waals surface area contributed by atoms with Gasteiger partial charge in [-0.3, -0.25) is 14.5 Å². The molecule has 0 aromatic heterocycles. The van der Waals surface area contributed by atoms with E-state index in [9.17, 15) is 14.7 Å². The number of rotatable bonds is 4. The number of aliphatic hydroxyl groups is 1. The van der Waals surface area contributed by atoms with Crippen LogP contribution in [-0.4, -0.2) is 45.7 Å². The number of imide groups is 1. The third-order valence-corrected chi connectivity index (χ3v) is 8.47. The minimum atomic E-state index is -0.945. The van der Waals surface area contributed by atoms with Crippen molar-refractivity contribution in [1.82, 2.24) is 4.90 Å². The second-order valence-corrected chi connectivity index (χ2v) is 11.3. The topological polar surface area (TPSA) is 76.1 Å². The van der Waals surface area contributed by atoms with Crippen molar-refractivity contribution in [3.05, 3.63) is 65.2 Å². The highest BCUT2D eigenvalue weighted by Gasteiger charge is 2.63. The zero-order valence-electron chi connectivity index (χ0n) is 20.7. The molecule has 0 unspecified atom stereocenters. The van der Waals surface area contributed by atoms with Gasteiger partial charge in [0.1, 0.15) is 0 Å². The van der Waals surface area contributed by atoms with Crippen molar-refractivity contribution in [1.29, 1.82) is 0 Å². The number of carbonyl (C=O) groups excluding carboxylic acids is 2. The van der Waals surface area contributed by atoms with Crippen LogP contribution in [0.15, 0.2) is 48.5 Å². The molecule has 1 saturated heterocycles. The Morgan fingerprint density at radius 3 is 1.76 bits per heavy atom. The van der Waals surface area contributed by atoms with Crippen LogP contribution < -0.4 is 5.46 Å². The third kappa shape index (κ3) is 3.14. The molecule has 2 aromatic rings. The van der Waals surface area contributed by atoms with Gasteiger partial charge in [-0.05, 0) is 56.8 Å². The summed E-state index contributed by atoms with van der Waals surface area (Å²) in [4.78, 5) is 28.2. The van der Waals surface area contributed by atoms with Crippen LogP contribution in [0.2, 0.25) is 0 Å². The zero-order chi connectivity index (χ0) is 24.7. The minimum absolute atomic E-state index is 0.000155. The van der Waals surface area contributed by atoms with Crippen LogP contribution in [0.5, 0.6) is 0 Å². The molecule has 2 aromatic carbocycles. The van der Waals surface area contributed by atoms with Crippen molar-refractivity contribution >= 4 is 24.4 Å². The molecular formula is C27H32BNO5. The molecule has 0 atom stereocenters. The van der Waals surface area contributed by atoms with Gasteiger partial charge in [0, 0.05) is 12.8 Å². The maximum absolute atomic E-state index is 13.4. The van der Waals surface area contributed by atoms with Crippen LogP contribution in [0, 0.1) is 5.92 Å². The summed E-state index contributed by atoms with van der Waals surface area (Å²) < 4.78 is 12.4. The summed E-state index contributed by atoms with van der Waals surface area (Å²) in [5, 5.41) is 11.2. The lowest BCUT2D eigenvalue weighted by Gasteiger charge is -2.58. The number of hydrogen-bond acceptors (Lipinski definition) is 5. The smallest absolute Gasteiger partial charge is 0.399 e. The van der Waals surface area contributed by atoms with Gasteiger partial charge >= 0.3 is 7.12 Å². The average molecular weight is 461 g/mol. The van der Waals surface area contributed by atoms with E-state index in [2.05, 4.69) is 0 Å². The normalized spacial score (nSPS) is 29.5. The Hall–Kier alpha value is -2.48. The van der Waals surface area contributed by atoms with Crippen molar-refractivity contribution in [3.63, 3.8) is 0 Å². The fourth-order valence-corrected chi connectivity index (χ4v) is 5.37. The Morgan fingerprint density at radius 1 is 0.853 bits per heavy atom. The second-order valence-electron chi connectivity index (χ2n) is 11.3. The van der Waals surface area contributed by atoms with Gasteiger partial charge in [-0.25, -0.2) is 0 Å². The van der Waals surface area contributed by atoms with E-state index in [4.69, 9.17) is 9.31 Å². The summed E-state index contributed by atoms with van der Waals surface area (Å²) in [6, 6.07) is 14.7. The van der Waals surface area contributed by atoms with Crippen LogP contribution in [0.25, 0.3) is 0 Å². The van der Waals surface area contributed by atoms with E-state index in [1.54, 1.807) is 24.3 Å². The molecule has 1 aliphatic carbocycles. The zero-order valence-corrected chi connectivity index (χ0v) is 20.7. The van der Waals surface area contributed by atoms with Crippen LogP contribution in [-0.2, 0) is 14.8 Å². The Morgan fingerprint density at radius 2 is 1.32 bits per heavy atom. The monoisotopic (exact) mass is 461 g/mol. The summed E-state index contributed by atoms with van der Waals surface area (Å²) in [5.41, 5.74) is -0.202. The van der Waals surface area contributed by atoms with Gasteiger partial charge in [0.05, 0.1) is 33.5 Å². The highest BCUT2D eigenvalue weighted by atomic mass is 16.7. The maximum Gasteiger partial charge on any atom is 0.494 e. The predicted molar refractivity (Wildman–Crippen MR) is 130 cm³/mol. The first-order chi connectivity index (χ1) is 15.8. The molecule has 2 amide bonds. The largest absolute Gasteiger partial charge is 0.494 e. The summed E-state index contributed by atoms with van der Waals surface area (Å²) in [7, 11) is -0.497. The summed E-state index contributed by atoms with van der Waals surface area (Å²) in [6.07, 6.45) is 0.609. The van der Waals surface area contributed by atoms with Gasteiger partial charge in [0.15, 0.2) is 0 Å². The van der Waals surface area contributed by atoms with Gasteiger partial charge in [0.25, 0.3) is 11.8 Å². The van der Waals surface area contributed by atoms with E-state index < -0.39 is 29.5 Å². The Bertz CT molecular complexity index is 1110. The molecule has 0 radical (unpaired) electrons. The molecule has 0 spiro atoms. The number of carbonyl (C=O) groups is 2. The van der Waals surface area contributed by atoms with Crippen LogP contribution >= 0.6 is 0 Å². The molecule has 0 bridgehead atoms. The number of fused-ring (bicyclic) bond motifs is 1. The Kier molecular flexibility index (Phi) is 4.97. The van der Waals surface area contributed by atoms with Crippen LogP contribution in [0.3, 0.4) is 0 Å². The van der Waals surface area contributed by atoms with Gasteiger partial charge < -0.3 is 14.4 Å². The fourth-order valence-electron chi connectivity index (χ4n) is 5.37. The SMILES string of the molecule is CC(C)[C@]1(O)C[C@@](c2ccc(B3OC(C)(C)C(C)(C)O3)cc2)(N2C(=O)c3ccccc3C2=O)C1. The first kappa shape index (κ1) is 23.3. The van der Waals surface area contributed by atoms with Gasteiger partial charge in [-0.2, -0.15) is 0 Å². The van der Waals surface area contributed by atoms with E-state index in [1.165, 1.54) is 4.90 Å². The van der Waals surface area contributed by atoms with E-state index in [0.717, 1.165) is 11.0 Å². The summed E-state index contributed by atoms with van der Waals surface area (Å²) in [6.45, 7) is 12.0. The quantitative estimate of drug-likeness (QED) is 0.556. The van der Waals surface area contributed by atoms with E-state index >= 15 is 0 Å². The minimum Gasteiger partial charge on any atom is -0.399 e. The second kappa shape index (κ2) is 7.26. The van der Waals surface area contributed by atoms with E-state index in [-0.39, 0.29) is 17.7 Å². The van der Waals surface area contributed by atoms with Crippen molar-refractivity contribution in [3.8, 4) is 0 Å². The van der Waals surface area contributed by atoms with Crippen molar-refractivity contribution in [2.45, 2.75) is 76.7 Å². The van der Waals surface area contributed by atoms with E-state index in [1.807, 2.05) is 65.8 Å². The summed E-state index contributed by atoms with van der Waals surface area (Å²) in [5.74, 6) is -0.609. The van der Waals surface area contributed by atoms with Crippen molar-refractivity contribution < 1.29 is 24.0 Å². The molecule has 2 heterocycles. The first-order valence-electron chi connectivity index (χ1n) is 12.0. The lowest BCUT2D eigenvalue weighted by Crippen LogP contribution is -2.66. The molecule has 3 aliphatic rings. The van der Waals surface area contributed by atoms with E-state index in [0.29, 0.717) is 24.0 Å². The molecular weight excluding hydrogens is 429 g/mol. The number of amides is 2. The molecule has 1 N–H and O–H groups in total. The highest BCUT2D eigenvalue weighted by Crippen LogP contribution is 2.57.